The number of fused-ring (bicyclic) bond motifs is 1. The third kappa shape index (κ3) is 3.08. The molecule has 0 saturated heterocycles. The topological polar surface area (TPSA) is 63.7 Å². The molecule has 0 heterocycles. The predicted octanol–water partition coefficient (Wildman–Crippen LogP) is 3.45. The molecule has 0 aliphatic heterocycles. The second-order valence-corrected chi connectivity index (χ2v) is 7.43. The maximum absolute atomic E-state index is 13.0. The Labute approximate surface area is 146 Å². The maximum atomic E-state index is 13.0. The van der Waals surface area contributed by atoms with Gasteiger partial charge in [0, 0.05) is 7.05 Å². The Balaban J connectivity index is 2.09. The zero-order chi connectivity index (χ0) is 18.0. The van der Waals surface area contributed by atoms with E-state index in [0.717, 1.165) is 10.8 Å². The average molecular weight is 355 g/mol. The summed E-state index contributed by atoms with van der Waals surface area (Å²) >= 11 is 0. The third-order valence-electron chi connectivity index (χ3n) is 4.03. The third-order valence-corrected chi connectivity index (χ3v) is 5.87. The molecule has 3 rings (SSSR count). The molecular weight excluding hydrogens is 338 g/mol. The van der Waals surface area contributed by atoms with Crippen LogP contribution in [0, 0.1) is 0 Å². The molecule has 0 unspecified atom stereocenters. The van der Waals surface area contributed by atoms with Gasteiger partial charge < -0.3 is 4.74 Å². The smallest absolute Gasteiger partial charge is 0.339 e. The highest BCUT2D eigenvalue weighted by atomic mass is 32.2. The van der Waals surface area contributed by atoms with E-state index in [4.69, 9.17) is 4.74 Å². The van der Waals surface area contributed by atoms with Crippen molar-refractivity contribution in [3.05, 3.63) is 72.3 Å². The quantitative estimate of drug-likeness (QED) is 0.673. The van der Waals surface area contributed by atoms with Crippen molar-refractivity contribution < 1.29 is 17.9 Å². The average Bonchev–Trinajstić information content (AvgIpc) is 2.66. The highest BCUT2D eigenvalue weighted by molar-refractivity contribution is 7.92. The van der Waals surface area contributed by atoms with Gasteiger partial charge in [0.2, 0.25) is 0 Å². The molecule has 3 aromatic rings. The van der Waals surface area contributed by atoms with E-state index in [0.29, 0.717) is 5.69 Å². The van der Waals surface area contributed by atoms with E-state index in [-0.39, 0.29) is 10.5 Å². The Morgan fingerprint density at radius 3 is 2.28 bits per heavy atom. The van der Waals surface area contributed by atoms with Gasteiger partial charge >= 0.3 is 5.97 Å². The van der Waals surface area contributed by atoms with Crippen molar-refractivity contribution in [2.75, 3.05) is 18.5 Å². The van der Waals surface area contributed by atoms with Gasteiger partial charge in [-0.2, -0.15) is 0 Å². The van der Waals surface area contributed by atoms with Crippen molar-refractivity contribution in [2.45, 2.75) is 4.90 Å². The van der Waals surface area contributed by atoms with E-state index in [1.807, 2.05) is 30.3 Å². The van der Waals surface area contributed by atoms with Crippen molar-refractivity contribution in [3.8, 4) is 0 Å². The number of rotatable bonds is 4. The SMILES string of the molecule is COC(=O)c1ccccc1S(=O)(=O)N(C)c1ccc2ccccc2c1. The van der Waals surface area contributed by atoms with Crippen molar-refractivity contribution in [1.82, 2.24) is 0 Å². The summed E-state index contributed by atoms with van der Waals surface area (Å²) < 4.78 is 31.9. The van der Waals surface area contributed by atoms with Gasteiger partial charge in [-0.3, -0.25) is 4.31 Å². The molecule has 0 fully saturated rings. The number of methoxy groups -OCH3 is 1. The lowest BCUT2D eigenvalue weighted by Gasteiger charge is -2.21. The standard InChI is InChI=1S/C19H17NO4S/c1-20(16-12-11-14-7-3-4-8-15(14)13-16)25(22,23)18-10-6-5-9-17(18)19(21)24-2/h3-13H,1-2H3. The molecule has 0 aliphatic carbocycles. The van der Waals surface area contributed by atoms with E-state index in [1.165, 1.54) is 30.6 Å². The van der Waals surface area contributed by atoms with Crippen LogP contribution in [-0.2, 0) is 14.8 Å². The van der Waals surface area contributed by atoms with E-state index >= 15 is 0 Å². The number of ether oxygens (including phenoxy) is 1. The largest absolute Gasteiger partial charge is 0.465 e. The molecule has 5 nitrogen and oxygen atoms in total. The molecular formula is C19H17NO4S. The van der Waals surface area contributed by atoms with Crippen LogP contribution in [0.5, 0.6) is 0 Å². The molecule has 0 bridgehead atoms. The minimum atomic E-state index is -3.91. The Kier molecular flexibility index (Phi) is 4.46. The molecule has 0 spiro atoms. The number of anilines is 1. The zero-order valence-corrected chi connectivity index (χ0v) is 14.7. The highest BCUT2D eigenvalue weighted by Gasteiger charge is 2.27. The van der Waals surface area contributed by atoms with Gasteiger partial charge in [-0.05, 0) is 35.0 Å². The van der Waals surface area contributed by atoms with E-state index in [9.17, 15) is 13.2 Å². The summed E-state index contributed by atoms with van der Waals surface area (Å²) in [4.78, 5) is 11.8. The number of esters is 1. The Morgan fingerprint density at radius 1 is 0.920 bits per heavy atom. The molecule has 128 valence electrons. The van der Waals surface area contributed by atoms with Gasteiger partial charge in [-0.1, -0.05) is 42.5 Å². The Hall–Kier alpha value is -2.86. The fourth-order valence-electron chi connectivity index (χ4n) is 2.63. The number of benzene rings is 3. The Bertz CT molecular complexity index is 1040. The van der Waals surface area contributed by atoms with Crippen LogP contribution in [0.4, 0.5) is 5.69 Å². The summed E-state index contributed by atoms with van der Waals surface area (Å²) in [7, 11) is -1.23. The number of hydrogen-bond donors (Lipinski definition) is 0. The van der Waals surface area contributed by atoms with Crippen LogP contribution in [0.15, 0.2) is 71.6 Å². The summed E-state index contributed by atoms with van der Waals surface area (Å²) in [5.41, 5.74) is 0.524. The minimum Gasteiger partial charge on any atom is -0.465 e. The first-order chi connectivity index (χ1) is 11.9. The predicted molar refractivity (Wildman–Crippen MR) is 97.3 cm³/mol. The zero-order valence-electron chi connectivity index (χ0n) is 13.8. The lowest BCUT2D eigenvalue weighted by molar-refractivity contribution is 0.0596. The van der Waals surface area contributed by atoms with E-state index < -0.39 is 16.0 Å². The molecule has 0 amide bonds. The van der Waals surface area contributed by atoms with Crippen LogP contribution in [0.25, 0.3) is 10.8 Å². The van der Waals surface area contributed by atoms with Crippen LogP contribution in [0.2, 0.25) is 0 Å². The molecule has 0 N–H and O–H groups in total. The van der Waals surface area contributed by atoms with E-state index in [1.54, 1.807) is 24.3 Å². The van der Waals surface area contributed by atoms with E-state index in [2.05, 4.69) is 0 Å². The number of nitrogens with zero attached hydrogens (tertiary/aromatic N) is 1. The lowest BCUT2D eigenvalue weighted by atomic mass is 10.1. The van der Waals surface area contributed by atoms with Gasteiger partial charge in [0.1, 0.15) is 4.90 Å². The first-order valence-corrected chi connectivity index (χ1v) is 9.04. The first kappa shape index (κ1) is 17.0. The molecule has 3 aromatic carbocycles. The van der Waals surface area contributed by atoms with Gasteiger partial charge in [0.25, 0.3) is 10.0 Å². The second kappa shape index (κ2) is 6.57. The van der Waals surface area contributed by atoms with Crippen molar-refractivity contribution in [1.29, 1.82) is 0 Å². The molecule has 0 radical (unpaired) electrons. The van der Waals surface area contributed by atoms with Crippen molar-refractivity contribution >= 4 is 32.5 Å². The molecule has 25 heavy (non-hydrogen) atoms. The molecule has 6 heteroatoms. The minimum absolute atomic E-state index is 0.0117. The van der Waals surface area contributed by atoms with Gasteiger partial charge in [0.15, 0.2) is 0 Å². The number of sulfonamides is 1. The van der Waals surface area contributed by atoms with Gasteiger partial charge in [0.05, 0.1) is 18.4 Å². The van der Waals surface area contributed by atoms with Gasteiger partial charge in [-0.25, -0.2) is 13.2 Å². The summed E-state index contributed by atoms with van der Waals surface area (Å²) in [6.07, 6.45) is 0. The molecule has 0 saturated carbocycles. The summed E-state index contributed by atoms with van der Waals surface area (Å²) in [6, 6.07) is 19.1. The van der Waals surface area contributed by atoms with Crippen LogP contribution < -0.4 is 4.31 Å². The normalized spacial score (nSPS) is 11.3. The van der Waals surface area contributed by atoms with Crippen LogP contribution in [0.1, 0.15) is 10.4 Å². The fourth-order valence-corrected chi connectivity index (χ4v) is 4.00. The first-order valence-electron chi connectivity index (χ1n) is 7.60. The molecule has 0 atom stereocenters. The van der Waals surface area contributed by atoms with Crippen LogP contribution in [0.3, 0.4) is 0 Å². The lowest BCUT2D eigenvalue weighted by Crippen LogP contribution is -2.28. The second-order valence-electron chi connectivity index (χ2n) is 5.49. The monoisotopic (exact) mass is 355 g/mol. The number of hydrogen-bond acceptors (Lipinski definition) is 4. The number of carbonyl (C=O) groups is 1. The van der Waals surface area contributed by atoms with Crippen molar-refractivity contribution in [3.63, 3.8) is 0 Å². The van der Waals surface area contributed by atoms with Crippen molar-refractivity contribution in [2.24, 2.45) is 0 Å². The summed E-state index contributed by atoms with van der Waals surface area (Å²) in [5.74, 6) is -0.689. The summed E-state index contributed by atoms with van der Waals surface area (Å²) in [5, 5.41) is 1.95. The van der Waals surface area contributed by atoms with Crippen LogP contribution in [-0.4, -0.2) is 28.5 Å². The number of carbonyl (C=O) groups excluding carboxylic acids is 1. The molecule has 0 aromatic heterocycles. The molecule has 0 aliphatic rings. The Morgan fingerprint density at radius 2 is 1.56 bits per heavy atom. The van der Waals surface area contributed by atoms with Crippen LogP contribution >= 0.6 is 0 Å². The highest BCUT2D eigenvalue weighted by Crippen LogP contribution is 2.27. The maximum Gasteiger partial charge on any atom is 0.339 e. The fraction of sp³-hybridized carbons (Fsp3) is 0.105. The van der Waals surface area contributed by atoms with Gasteiger partial charge in [-0.15, -0.1) is 0 Å². The summed E-state index contributed by atoms with van der Waals surface area (Å²) in [6.45, 7) is 0.